The van der Waals surface area contributed by atoms with Gasteiger partial charge in [-0.05, 0) is 45.4 Å². The van der Waals surface area contributed by atoms with Crippen molar-refractivity contribution in [2.75, 3.05) is 25.2 Å². The number of hydrogen-bond acceptors (Lipinski definition) is 7. The SMILES string of the molecule is COC(=O)[C@H](CSCCO)N(Cc1ccc(F)cc1)C(=O)[C@H](C)NC(=O)OC(C)(C)C. The first-order chi connectivity index (χ1) is 14.5. The fourth-order valence-electron chi connectivity index (χ4n) is 2.60. The Bertz CT molecular complexity index is 738. The van der Waals surface area contributed by atoms with E-state index in [1.165, 1.54) is 55.0 Å². The van der Waals surface area contributed by atoms with Crippen LogP contribution in [0.3, 0.4) is 0 Å². The van der Waals surface area contributed by atoms with Crippen molar-refractivity contribution in [1.82, 2.24) is 10.2 Å². The lowest BCUT2D eigenvalue weighted by molar-refractivity contribution is -0.153. The van der Waals surface area contributed by atoms with E-state index in [1.54, 1.807) is 20.8 Å². The van der Waals surface area contributed by atoms with Crippen molar-refractivity contribution in [1.29, 1.82) is 0 Å². The number of carbonyl (C=O) groups is 3. The van der Waals surface area contributed by atoms with E-state index in [0.29, 0.717) is 11.3 Å². The molecule has 2 N–H and O–H groups in total. The van der Waals surface area contributed by atoms with Crippen LogP contribution >= 0.6 is 11.8 Å². The van der Waals surface area contributed by atoms with Crippen LogP contribution in [0.1, 0.15) is 33.3 Å². The number of alkyl carbamates (subject to hydrolysis) is 1. The Morgan fingerprint density at radius 1 is 1.23 bits per heavy atom. The fraction of sp³-hybridized carbons (Fsp3) is 0.571. The first-order valence-electron chi connectivity index (χ1n) is 9.79. The van der Waals surface area contributed by atoms with Gasteiger partial charge in [-0.25, -0.2) is 14.0 Å². The Kier molecular flexibility index (Phi) is 10.8. The van der Waals surface area contributed by atoms with E-state index < -0.39 is 41.5 Å². The number of esters is 1. The third-order valence-corrected chi connectivity index (χ3v) is 5.04. The van der Waals surface area contributed by atoms with Crippen LogP contribution in [0.5, 0.6) is 0 Å². The number of methoxy groups -OCH3 is 1. The molecule has 0 aliphatic rings. The van der Waals surface area contributed by atoms with Gasteiger partial charge in [-0.1, -0.05) is 12.1 Å². The topological polar surface area (TPSA) is 105 Å². The molecule has 0 radical (unpaired) electrons. The number of rotatable bonds is 10. The highest BCUT2D eigenvalue weighted by atomic mass is 32.2. The third kappa shape index (κ3) is 9.56. The van der Waals surface area contributed by atoms with Crippen molar-refractivity contribution in [3.8, 4) is 0 Å². The number of aliphatic hydroxyl groups excluding tert-OH is 1. The third-order valence-electron chi connectivity index (χ3n) is 4.01. The molecule has 174 valence electrons. The number of aliphatic hydroxyl groups is 1. The van der Waals surface area contributed by atoms with E-state index >= 15 is 0 Å². The fourth-order valence-corrected chi connectivity index (χ4v) is 3.44. The molecule has 0 bridgehead atoms. The van der Waals surface area contributed by atoms with Crippen molar-refractivity contribution in [3.63, 3.8) is 0 Å². The molecule has 0 fully saturated rings. The molecule has 0 heterocycles. The lowest BCUT2D eigenvalue weighted by atomic mass is 10.1. The van der Waals surface area contributed by atoms with Crippen molar-refractivity contribution in [2.45, 2.75) is 51.9 Å². The van der Waals surface area contributed by atoms with Gasteiger partial charge in [0.15, 0.2) is 0 Å². The molecule has 10 heteroatoms. The summed E-state index contributed by atoms with van der Waals surface area (Å²) >= 11 is 1.28. The van der Waals surface area contributed by atoms with Crippen LogP contribution in [-0.4, -0.2) is 70.9 Å². The van der Waals surface area contributed by atoms with E-state index in [2.05, 4.69) is 5.32 Å². The average Bonchev–Trinajstić information content (AvgIpc) is 2.68. The van der Waals surface area contributed by atoms with Gasteiger partial charge in [-0.2, -0.15) is 11.8 Å². The molecule has 1 rings (SSSR count). The van der Waals surface area contributed by atoms with Crippen LogP contribution in [-0.2, 0) is 25.6 Å². The minimum absolute atomic E-state index is 0.00109. The number of halogens is 1. The zero-order valence-electron chi connectivity index (χ0n) is 18.5. The molecule has 1 aromatic rings. The number of nitrogens with one attached hydrogen (secondary N) is 1. The molecule has 0 spiro atoms. The summed E-state index contributed by atoms with van der Waals surface area (Å²) in [6.07, 6.45) is -0.764. The Hall–Kier alpha value is -2.33. The van der Waals surface area contributed by atoms with Crippen LogP contribution < -0.4 is 5.32 Å². The molecule has 2 atom stereocenters. The highest BCUT2D eigenvalue weighted by Crippen LogP contribution is 2.17. The number of nitrogens with zero attached hydrogens (tertiary/aromatic N) is 1. The van der Waals surface area contributed by atoms with Crippen LogP contribution in [0, 0.1) is 5.82 Å². The van der Waals surface area contributed by atoms with E-state index in [-0.39, 0.29) is 18.9 Å². The molecule has 0 aliphatic heterocycles. The van der Waals surface area contributed by atoms with Gasteiger partial charge in [0.25, 0.3) is 0 Å². The van der Waals surface area contributed by atoms with Gasteiger partial charge in [-0.3, -0.25) is 4.79 Å². The van der Waals surface area contributed by atoms with Gasteiger partial charge in [0.05, 0.1) is 13.7 Å². The van der Waals surface area contributed by atoms with Crippen molar-refractivity contribution < 1.29 is 33.4 Å². The zero-order chi connectivity index (χ0) is 23.6. The molecule has 0 saturated carbocycles. The monoisotopic (exact) mass is 458 g/mol. The maximum atomic E-state index is 13.3. The van der Waals surface area contributed by atoms with Crippen LogP contribution in [0.4, 0.5) is 9.18 Å². The predicted molar refractivity (Wildman–Crippen MR) is 116 cm³/mol. The normalized spacial score (nSPS) is 13.1. The number of ether oxygens (including phenoxy) is 2. The summed E-state index contributed by atoms with van der Waals surface area (Å²) in [4.78, 5) is 39.1. The number of carbonyl (C=O) groups excluding carboxylic acids is 3. The first-order valence-corrected chi connectivity index (χ1v) is 10.9. The largest absolute Gasteiger partial charge is 0.467 e. The predicted octanol–water partition coefficient (Wildman–Crippen LogP) is 2.33. The van der Waals surface area contributed by atoms with Gasteiger partial charge in [0.1, 0.15) is 23.5 Å². The van der Waals surface area contributed by atoms with Crippen molar-refractivity contribution in [2.24, 2.45) is 0 Å². The Morgan fingerprint density at radius 2 is 1.84 bits per heavy atom. The van der Waals surface area contributed by atoms with Gasteiger partial charge in [-0.15, -0.1) is 0 Å². The molecule has 0 unspecified atom stereocenters. The van der Waals surface area contributed by atoms with E-state index in [1.807, 2.05) is 0 Å². The number of hydrogen-bond donors (Lipinski definition) is 2. The summed E-state index contributed by atoms with van der Waals surface area (Å²) in [5.41, 5.74) is -0.142. The quantitative estimate of drug-likeness (QED) is 0.410. The lowest BCUT2D eigenvalue weighted by Crippen LogP contribution is -2.54. The molecule has 31 heavy (non-hydrogen) atoms. The minimum Gasteiger partial charge on any atom is -0.467 e. The minimum atomic E-state index is -0.995. The lowest BCUT2D eigenvalue weighted by Gasteiger charge is -2.32. The van der Waals surface area contributed by atoms with Gasteiger partial charge < -0.3 is 24.8 Å². The molecule has 8 nitrogen and oxygen atoms in total. The highest BCUT2D eigenvalue weighted by Gasteiger charge is 2.34. The standard InChI is InChI=1S/C21H31FN2O6S/c1-14(23-20(28)30-21(2,3)4)18(26)24(12-15-6-8-16(22)9-7-15)17(19(27)29-5)13-31-11-10-25/h6-9,14,17,25H,10-13H2,1-5H3,(H,23,28)/t14-,17-/m0/s1. The van der Waals surface area contributed by atoms with E-state index in [0.717, 1.165) is 0 Å². The van der Waals surface area contributed by atoms with E-state index in [4.69, 9.17) is 14.6 Å². The maximum Gasteiger partial charge on any atom is 0.408 e. The molecular weight excluding hydrogens is 427 g/mol. The highest BCUT2D eigenvalue weighted by molar-refractivity contribution is 7.99. The number of amides is 2. The summed E-state index contributed by atoms with van der Waals surface area (Å²) in [6.45, 7) is 6.50. The summed E-state index contributed by atoms with van der Waals surface area (Å²) in [5.74, 6) is -1.04. The molecule has 0 aliphatic carbocycles. The van der Waals surface area contributed by atoms with Gasteiger partial charge >= 0.3 is 12.1 Å². The van der Waals surface area contributed by atoms with Crippen LogP contribution in [0.15, 0.2) is 24.3 Å². The first kappa shape index (κ1) is 26.7. The Balaban J connectivity index is 3.12. The number of thioether (sulfide) groups is 1. The smallest absolute Gasteiger partial charge is 0.408 e. The van der Waals surface area contributed by atoms with Crippen LogP contribution in [0.2, 0.25) is 0 Å². The molecule has 1 aromatic carbocycles. The summed E-state index contributed by atoms with van der Waals surface area (Å²) in [5, 5.41) is 11.5. The van der Waals surface area contributed by atoms with Crippen LogP contribution in [0.25, 0.3) is 0 Å². The summed E-state index contributed by atoms with van der Waals surface area (Å²) in [7, 11) is 1.22. The molecule has 2 amide bonds. The Labute approximate surface area is 186 Å². The van der Waals surface area contributed by atoms with Crippen molar-refractivity contribution in [3.05, 3.63) is 35.6 Å². The van der Waals surface area contributed by atoms with Gasteiger partial charge in [0.2, 0.25) is 5.91 Å². The summed E-state index contributed by atoms with van der Waals surface area (Å²) in [6, 6.07) is 3.57. The molecular formula is C21H31FN2O6S. The average molecular weight is 459 g/mol. The van der Waals surface area contributed by atoms with Gasteiger partial charge in [0, 0.05) is 18.1 Å². The summed E-state index contributed by atoms with van der Waals surface area (Å²) < 4.78 is 23.4. The molecule has 0 saturated heterocycles. The number of benzene rings is 1. The van der Waals surface area contributed by atoms with E-state index in [9.17, 15) is 18.8 Å². The van der Waals surface area contributed by atoms with Crippen molar-refractivity contribution >= 4 is 29.7 Å². The maximum absolute atomic E-state index is 13.3. The molecule has 0 aromatic heterocycles. The second-order valence-corrected chi connectivity index (χ2v) is 8.95. The Morgan fingerprint density at radius 3 is 2.35 bits per heavy atom. The second-order valence-electron chi connectivity index (χ2n) is 7.80. The zero-order valence-corrected chi connectivity index (χ0v) is 19.3. The second kappa shape index (κ2) is 12.5.